The number of aromatic amines is 1. The SMILES string of the molecule is Cc1[nH]c2ccccc2c1C(CCO)N(C)C. The van der Waals surface area contributed by atoms with Gasteiger partial charge in [0.05, 0.1) is 0 Å². The number of benzene rings is 1. The predicted octanol–water partition coefficient (Wildman–Crippen LogP) is 2.46. The molecule has 0 spiro atoms. The Hall–Kier alpha value is -1.32. The second-order valence-corrected chi connectivity index (χ2v) is 4.70. The van der Waals surface area contributed by atoms with E-state index in [0.717, 1.165) is 6.42 Å². The Labute approximate surface area is 102 Å². The molecule has 2 rings (SSSR count). The molecule has 92 valence electrons. The van der Waals surface area contributed by atoms with Crippen LogP contribution in [0.1, 0.15) is 23.7 Å². The van der Waals surface area contributed by atoms with Crippen molar-refractivity contribution in [1.29, 1.82) is 0 Å². The van der Waals surface area contributed by atoms with E-state index in [1.54, 1.807) is 0 Å². The molecule has 1 aromatic heterocycles. The maximum Gasteiger partial charge on any atom is 0.0459 e. The number of aliphatic hydroxyl groups excluding tert-OH is 1. The molecular weight excluding hydrogens is 212 g/mol. The van der Waals surface area contributed by atoms with Crippen LogP contribution in [0.2, 0.25) is 0 Å². The average Bonchev–Trinajstić information content (AvgIpc) is 2.62. The summed E-state index contributed by atoms with van der Waals surface area (Å²) in [6.07, 6.45) is 0.760. The van der Waals surface area contributed by atoms with E-state index >= 15 is 0 Å². The lowest BCUT2D eigenvalue weighted by atomic mass is 9.99. The number of para-hydroxylation sites is 1. The molecule has 0 bridgehead atoms. The van der Waals surface area contributed by atoms with Gasteiger partial charge in [-0.2, -0.15) is 0 Å². The van der Waals surface area contributed by atoms with Crippen molar-refractivity contribution < 1.29 is 5.11 Å². The molecule has 0 amide bonds. The monoisotopic (exact) mass is 232 g/mol. The van der Waals surface area contributed by atoms with Gasteiger partial charge in [0, 0.05) is 29.2 Å². The molecule has 0 aliphatic carbocycles. The second-order valence-electron chi connectivity index (χ2n) is 4.70. The Kier molecular flexibility index (Phi) is 3.50. The topological polar surface area (TPSA) is 39.3 Å². The molecule has 2 N–H and O–H groups in total. The van der Waals surface area contributed by atoms with Crippen molar-refractivity contribution in [1.82, 2.24) is 9.88 Å². The summed E-state index contributed by atoms with van der Waals surface area (Å²) in [6.45, 7) is 2.31. The van der Waals surface area contributed by atoms with Crippen LogP contribution in [0.3, 0.4) is 0 Å². The number of hydrogen-bond acceptors (Lipinski definition) is 2. The third kappa shape index (κ3) is 2.21. The number of aromatic nitrogens is 1. The van der Waals surface area contributed by atoms with Crippen molar-refractivity contribution in [2.24, 2.45) is 0 Å². The number of rotatable bonds is 4. The molecule has 3 nitrogen and oxygen atoms in total. The van der Waals surface area contributed by atoms with E-state index in [4.69, 9.17) is 0 Å². The molecule has 1 unspecified atom stereocenters. The molecule has 1 atom stereocenters. The lowest BCUT2D eigenvalue weighted by molar-refractivity contribution is 0.211. The molecule has 0 aliphatic rings. The first-order chi connectivity index (χ1) is 8.15. The number of aliphatic hydroxyl groups is 1. The summed E-state index contributed by atoms with van der Waals surface area (Å²) in [5, 5.41) is 10.5. The van der Waals surface area contributed by atoms with Gasteiger partial charge in [-0.3, -0.25) is 0 Å². The highest BCUT2D eigenvalue weighted by molar-refractivity contribution is 5.85. The highest BCUT2D eigenvalue weighted by atomic mass is 16.3. The number of hydrogen-bond donors (Lipinski definition) is 2. The van der Waals surface area contributed by atoms with E-state index in [9.17, 15) is 5.11 Å². The van der Waals surface area contributed by atoms with E-state index in [1.807, 2.05) is 6.07 Å². The van der Waals surface area contributed by atoms with Gasteiger partial charge in [0.25, 0.3) is 0 Å². The predicted molar refractivity (Wildman–Crippen MR) is 71.2 cm³/mol. The minimum atomic E-state index is 0.210. The van der Waals surface area contributed by atoms with E-state index < -0.39 is 0 Å². The Morgan fingerprint density at radius 3 is 2.65 bits per heavy atom. The summed E-state index contributed by atoms with van der Waals surface area (Å²) >= 11 is 0. The van der Waals surface area contributed by atoms with Crippen LogP contribution < -0.4 is 0 Å². The lowest BCUT2D eigenvalue weighted by Gasteiger charge is -2.24. The number of fused-ring (bicyclic) bond motifs is 1. The van der Waals surface area contributed by atoms with Gasteiger partial charge in [0.2, 0.25) is 0 Å². The van der Waals surface area contributed by atoms with Crippen molar-refractivity contribution in [2.45, 2.75) is 19.4 Å². The molecular formula is C14H20N2O. The quantitative estimate of drug-likeness (QED) is 0.850. The fourth-order valence-corrected chi connectivity index (χ4v) is 2.51. The molecule has 0 saturated carbocycles. The van der Waals surface area contributed by atoms with E-state index in [-0.39, 0.29) is 12.6 Å². The van der Waals surface area contributed by atoms with Gasteiger partial charge < -0.3 is 15.0 Å². The number of nitrogens with one attached hydrogen (secondary N) is 1. The van der Waals surface area contributed by atoms with Gasteiger partial charge in [-0.15, -0.1) is 0 Å². The summed E-state index contributed by atoms with van der Waals surface area (Å²) in [6, 6.07) is 8.60. The van der Waals surface area contributed by atoms with Gasteiger partial charge in [0.15, 0.2) is 0 Å². The molecule has 0 radical (unpaired) electrons. The van der Waals surface area contributed by atoms with Gasteiger partial charge in [-0.25, -0.2) is 0 Å². The fourth-order valence-electron chi connectivity index (χ4n) is 2.51. The zero-order valence-electron chi connectivity index (χ0n) is 10.7. The molecule has 0 fully saturated rings. The zero-order valence-corrected chi connectivity index (χ0v) is 10.7. The van der Waals surface area contributed by atoms with E-state index in [1.165, 1.54) is 22.2 Å². The lowest BCUT2D eigenvalue weighted by Crippen LogP contribution is -2.21. The Bertz CT molecular complexity index is 502. The normalized spacial score (nSPS) is 13.5. The third-order valence-corrected chi connectivity index (χ3v) is 3.30. The first-order valence-electron chi connectivity index (χ1n) is 5.99. The van der Waals surface area contributed by atoms with Crippen molar-refractivity contribution in [3.8, 4) is 0 Å². The smallest absolute Gasteiger partial charge is 0.0459 e. The Balaban J connectivity index is 2.55. The van der Waals surface area contributed by atoms with Crippen molar-refractivity contribution in [3.63, 3.8) is 0 Å². The molecule has 0 saturated heterocycles. The van der Waals surface area contributed by atoms with Crippen molar-refractivity contribution in [2.75, 3.05) is 20.7 Å². The van der Waals surface area contributed by atoms with E-state index in [0.29, 0.717) is 0 Å². The maximum atomic E-state index is 9.21. The average molecular weight is 232 g/mol. The van der Waals surface area contributed by atoms with Crippen molar-refractivity contribution >= 4 is 10.9 Å². The summed E-state index contributed by atoms with van der Waals surface area (Å²) < 4.78 is 0. The summed E-state index contributed by atoms with van der Waals surface area (Å²) in [4.78, 5) is 5.58. The highest BCUT2D eigenvalue weighted by Gasteiger charge is 2.19. The van der Waals surface area contributed by atoms with Crippen LogP contribution >= 0.6 is 0 Å². The second kappa shape index (κ2) is 4.90. The Morgan fingerprint density at radius 1 is 1.29 bits per heavy atom. The first-order valence-corrected chi connectivity index (χ1v) is 5.99. The maximum absolute atomic E-state index is 9.21. The standard InChI is InChI=1S/C14H20N2O/c1-10-14(13(8-9-17)16(2)3)11-6-4-5-7-12(11)15-10/h4-7,13,15,17H,8-9H2,1-3H3. The number of nitrogens with zero attached hydrogens (tertiary/aromatic N) is 1. The molecule has 17 heavy (non-hydrogen) atoms. The minimum Gasteiger partial charge on any atom is -0.396 e. The van der Waals surface area contributed by atoms with Gasteiger partial charge in [-0.1, -0.05) is 18.2 Å². The zero-order chi connectivity index (χ0) is 12.4. The largest absolute Gasteiger partial charge is 0.396 e. The molecule has 1 heterocycles. The van der Waals surface area contributed by atoms with Crippen LogP contribution in [0.4, 0.5) is 0 Å². The van der Waals surface area contributed by atoms with Crippen molar-refractivity contribution in [3.05, 3.63) is 35.5 Å². The van der Waals surface area contributed by atoms with Gasteiger partial charge in [0.1, 0.15) is 0 Å². The third-order valence-electron chi connectivity index (χ3n) is 3.30. The minimum absolute atomic E-state index is 0.210. The van der Waals surface area contributed by atoms with Crippen LogP contribution in [0, 0.1) is 6.92 Å². The van der Waals surface area contributed by atoms with Crippen LogP contribution in [0.5, 0.6) is 0 Å². The van der Waals surface area contributed by atoms with Crippen LogP contribution in [0.25, 0.3) is 10.9 Å². The van der Waals surface area contributed by atoms with Crippen LogP contribution in [-0.4, -0.2) is 35.7 Å². The van der Waals surface area contributed by atoms with E-state index in [2.05, 4.69) is 49.1 Å². The van der Waals surface area contributed by atoms with Crippen LogP contribution in [-0.2, 0) is 0 Å². The number of H-pyrrole nitrogens is 1. The molecule has 3 heteroatoms. The summed E-state index contributed by atoms with van der Waals surface area (Å²) in [7, 11) is 4.11. The molecule has 1 aromatic carbocycles. The highest BCUT2D eigenvalue weighted by Crippen LogP contribution is 2.32. The van der Waals surface area contributed by atoms with Gasteiger partial charge in [-0.05, 0) is 39.1 Å². The van der Waals surface area contributed by atoms with Crippen LogP contribution in [0.15, 0.2) is 24.3 Å². The fraction of sp³-hybridized carbons (Fsp3) is 0.429. The number of aryl methyl sites for hydroxylation is 1. The summed E-state index contributed by atoms with van der Waals surface area (Å²) in [5.74, 6) is 0. The molecule has 0 aliphatic heterocycles. The molecule has 2 aromatic rings. The first kappa shape index (κ1) is 12.1. The summed E-state index contributed by atoms with van der Waals surface area (Å²) in [5.41, 5.74) is 3.67. The Morgan fingerprint density at radius 2 is 2.00 bits per heavy atom. The van der Waals surface area contributed by atoms with Gasteiger partial charge >= 0.3 is 0 Å².